The fourth-order valence-electron chi connectivity index (χ4n) is 7.28. The van der Waals surface area contributed by atoms with Crippen LogP contribution in [0.15, 0.2) is 24.3 Å². The van der Waals surface area contributed by atoms with Gasteiger partial charge in [0, 0.05) is 77.1 Å². The largest absolute Gasteiger partial charge is 0.416 e. The van der Waals surface area contributed by atoms with E-state index in [0.29, 0.717) is 83.3 Å². The number of ether oxygens (including phenoxy) is 4. The number of piperazine rings is 1. The molecule has 9 nitrogen and oxygen atoms in total. The molecule has 3 aliphatic heterocycles. The first kappa shape index (κ1) is 36.6. The molecule has 5 atom stereocenters. The van der Waals surface area contributed by atoms with Crippen LogP contribution in [0.1, 0.15) is 51.5 Å². The lowest BCUT2D eigenvalue weighted by Crippen LogP contribution is -2.54. The third-order valence-electron chi connectivity index (χ3n) is 10.1. The number of rotatable bonds is 9. The third-order valence-corrected chi connectivity index (χ3v) is 10.1. The summed E-state index contributed by atoms with van der Waals surface area (Å²) in [4.78, 5) is 28.8. The number of ketones is 1. The maximum atomic E-state index is 13.9. The number of carbonyl (C=O) groups excluding carboxylic acids is 2. The van der Waals surface area contributed by atoms with Crippen molar-refractivity contribution in [1.82, 2.24) is 10.2 Å². The predicted molar refractivity (Wildman–Crippen MR) is 169 cm³/mol. The van der Waals surface area contributed by atoms with E-state index in [2.05, 4.69) is 19.2 Å². The SMILES string of the molecule is COCC1COCCC1=O.COCC1COCCC1N[C@@H]1CC[C@@](C(=O)N2CCN(c3cccc(C(F)(F)F)c3)CC2)(C(C)C)C1. The van der Waals surface area contributed by atoms with Gasteiger partial charge in [-0.2, -0.15) is 13.2 Å². The average molecular weight is 656 g/mol. The van der Waals surface area contributed by atoms with Crippen molar-refractivity contribution in [3.8, 4) is 0 Å². The number of nitrogens with zero attached hydrogens (tertiary/aromatic N) is 2. The number of halogens is 3. The minimum atomic E-state index is -4.36. The molecule has 260 valence electrons. The number of Topliss-reactive ketones (excluding diaryl/α,β-unsaturated/α-hetero) is 1. The molecule has 0 radical (unpaired) electrons. The number of hydrogen-bond acceptors (Lipinski definition) is 8. The first-order valence-electron chi connectivity index (χ1n) is 16.6. The van der Waals surface area contributed by atoms with Crippen molar-refractivity contribution in [2.24, 2.45) is 23.2 Å². The van der Waals surface area contributed by atoms with E-state index in [-0.39, 0.29) is 29.6 Å². The molecule has 0 bridgehead atoms. The van der Waals surface area contributed by atoms with E-state index in [0.717, 1.165) is 38.4 Å². The Kier molecular flexibility index (Phi) is 13.3. The topological polar surface area (TPSA) is 89.6 Å². The van der Waals surface area contributed by atoms with Gasteiger partial charge in [-0.25, -0.2) is 0 Å². The molecule has 1 aromatic rings. The third kappa shape index (κ3) is 9.21. The van der Waals surface area contributed by atoms with Gasteiger partial charge < -0.3 is 34.1 Å². The maximum absolute atomic E-state index is 13.9. The van der Waals surface area contributed by atoms with Crippen LogP contribution in [0, 0.1) is 23.2 Å². The molecule has 1 amide bonds. The summed E-state index contributed by atoms with van der Waals surface area (Å²) >= 11 is 0. The van der Waals surface area contributed by atoms with Crippen LogP contribution in [0.2, 0.25) is 0 Å². The first-order valence-corrected chi connectivity index (χ1v) is 16.6. The maximum Gasteiger partial charge on any atom is 0.416 e. The fourth-order valence-corrected chi connectivity index (χ4v) is 7.28. The summed E-state index contributed by atoms with van der Waals surface area (Å²) in [6.07, 6.45) is -0.232. The minimum absolute atomic E-state index is 0.0150. The second kappa shape index (κ2) is 16.7. The Balaban J connectivity index is 0.000000409. The monoisotopic (exact) mass is 655 g/mol. The summed E-state index contributed by atoms with van der Waals surface area (Å²) in [6, 6.07) is 6.07. The van der Waals surface area contributed by atoms with Crippen molar-refractivity contribution in [1.29, 1.82) is 0 Å². The van der Waals surface area contributed by atoms with Gasteiger partial charge in [0.1, 0.15) is 5.78 Å². The van der Waals surface area contributed by atoms with Crippen LogP contribution in [0.5, 0.6) is 0 Å². The van der Waals surface area contributed by atoms with E-state index in [1.807, 2.05) is 9.80 Å². The van der Waals surface area contributed by atoms with Crippen LogP contribution in [-0.2, 0) is 34.7 Å². The molecule has 3 unspecified atom stereocenters. The van der Waals surface area contributed by atoms with Crippen LogP contribution in [0.3, 0.4) is 0 Å². The van der Waals surface area contributed by atoms with Crippen LogP contribution in [-0.4, -0.2) is 109 Å². The molecule has 1 saturated carbocycles. The zero-order valence-corrected chi connectivity index (χ0v) is 27.8. The molecule has 3 heterocycles. The summed E-state index contributed by atoms with van der Waals surface area (Å²) < 4.78 is 60.4. The molecular weight excluding hydrogens is 603 g/mol. The number of methoxy groups -OCH3 is 2. The summed E-state index contributed by atoms with van der Waals surface area (Å²) in [7, 11) is 3.32. The molecule has 4 aliphatic rings. The van der Waals surface area contributed by atoms with Gasteiger partial charge in [-0.15, -0.1) is 0 Å². The van der Waals surface area contributed by atoms with Crippen LogP contribution in [0.25, 0.3) is 0 Å². The van der Waals surface area contributed by atoms with Gasteiger partial charge >= 0.3 is 6.18 Å². The normalized spacial score (nSPS) is 29.1. The van der Waals surface area contributed by atoms with Gasteiger partial charge in [0.25, 0.3) is 0 Å². The number of carbonyl (C=O) groups is 2. The molecule has 3 saturated heterocycles. The second-order valence-electron chi connectivity index (χ2n) is 13.4. The predicted octanol–water partition coefficient (Wildman–Crippen LogP) is 4.43. The van der Waals surface area contributed by atoms with Gasteiger partial charge in [-0.1, -0.05) is 19.9 Å². The lowest BCUT2D eigenvalue weighted by molar-refractivity contribution is -0.145. The molecule has 1 aliphatic carbocycles. The van der Waals surface area contributed by atoms with Crippen molar-refractivity contribution in [2.45, 2.75) is 64.2 Å². The van der Waals surface area contributed by atoms with E-state index in [1.165, 1.54) is 12.1 Å². The first-order chi connectivity index (χ1) is 22.0. The highest BCUT2D eigenvalue weighted by Crippen LogP contribution is 2.46. The number of amides is 1. The van der Waals surface area contributed by atoms with E-state index >= 15 is 0 Å². The number of anilines is 1. The van der Waals surface area contributed by atoms with Crippen LogP contribution >= 0.6 is 0 Å². The van der Waals surface area contributed by atoms with Crippen LogP contribution < -0.4 is 10.2 Å². The number of hydrogen-bond donors (Lipinski definition) is 1. The second-order valence-corrected chi connectivity index (χ2v) is 13.4. The quantitative estimate of drug-likeness (QED) is 0.418. The van der Waals surface area contributed by atoms with Crippen molar-refractivity contribution in [2.75, 3.05) is 84.9 Å². The Morgan fingerprint density at radius 1 is 1.04 bits per heavy atom. The van der Waals surface area contributed by atoms with Crippen LogP contribution in [0.4, 0.5) is 18.9 Å². The van der Waals surface area contributed by atoms with Crippen molar-refractivity contribution in [3.05, 3.63) is 29.8 Å². The summed E-state index contributed by atoms with van der Waals surface area (Å²) in [5, 5.41) is 3.84. The minimum Gasteiger partial charge on any atom is -0.384 e. The Bertz CT molecular complexity index is 1130. The number of nitrogens with one attached hydrogen (secondary N) is 1. The number of benzene rings is 1. The number of alkyl halides is 3. The Hall–Kier alpha value is -2.25. The highest BCUT2D eigenvalue weighted by Gasteiger charge is 2.50. The molecule has 46 heavy (non-hydrogen) atoms. The van der Waals surface area contributed by atoms with Crippen molar-refractivity contribution in [3.63, 3.8) is 0 Å². The highest BCUT2D eigenvalue weighted by molar-refractivity contribution is 5.84. The molecule has 5 rings (SSSR count). The van der Waals surface area contributed by atoms with Gasteiger partial charge in [-0.05, 0) is 49.8 Å². The van der Waals surface area contributed by atoms with E-state index in [1.54, 1.807) is 20.3 Å². The lowest BCUT2D eigenvalue weighted by Gasteiger charge is -2.42. The molecule has 0 aromatic heterocycles. The molecule has 12 heteroatoms. The fraction of sp³-hybridized carbons (Fsp3) is 0.765. The van der Waals surface area contributed by atoms with Gasteiger partial charge in [0.05, 0.1) is 49.9 Å². The summed E-state index contributed by atoms with van der Waals surface area (Å²) in [6.45, 7) is 10.1. The molecule has 1 aromatic carbocycles. The Labute approximate surface area is 271 Å². The average Bonchev–Trinajstić information content (AvgIpc) is 3.48. The van der Waals surface area contributed by atoms with E-state index in [4.69, 9.17) is 18.9 Å². The van der Waals surface area contributed by atoms with E-state index < -0.39 is 17.2 Å². The van der Waals surface area contributed by atoms with E-state index in [9.17, 15) is 22.8 Å². The summed E-state index contributed by atoms with van der Waals surface area (Å²) in [5.74, 6) is 0.984. The molecular formula is C34H52F3N3O6. The standard InChI is InChI=1S/C27H40F3N3O3.C7H12O3/c1-19(2)26(9-7-22(16-26)31-24-8-14-36-18-20(24)17-35-3)25(34)33-12-10-32(11-13-33)23-6-4-5-21(15-23)27(28,29)30;1-9-4-6-5-10-3-2-7(6)8/h4-6,15,19-20,22,24,31H,7-14,16-18H2,1-3H3;6H,2-5H2,1H3/t20?,22-,24?,26+;/m1./s1. The van der Waals surface area contributed by atoms with Crippen molar-refractivity contribution >= 4 is 17.4 Å². The summed E-state index contributed by atoms with van der Waals surface area (Å²) in [5.41, 5.74) is -0.487. The molecule has 1 N–H and O–H groups in total. The zero-order chi connectivity index (χ0) is 33.3. The smallest absolute Gasteiger partial charge is 0.384 e. The van der Waals surface area contributed by atoms with Crippen molar-refractivity contribution < 1.29 is 41.7 Å². The zero-order valence-electron chi connectivity index (χ0n) is 27.8. The molecule has 0 spiro atoms. The Morgan fingerprint density at radius 2 is 1.76 bits per heavy atom. The Morgan fingerprint density at radius 3 is 2.41 bits per heavy atom. The van der Waals surface area contributed by atoms with Gasteiger partial charge in [0.15, 0.2) is 0 Å². The van der Waals surface area contributed by atoms with Gasteiger partial charge in [-0.3, -0.25) is 9.59 Å². The molecule has 4 fully saturated rings. The lowest BCUT2D eigenvalue weighted by atomic mass is 9.74. The van der Waals surface area contributed by atoms with Gasteiger partial charge in [0.2, 0.25) is 5.91 Å². The highest BCUT2D eigenvalue weighted by atomic mass is 19.4.